The smallest absolute Gasteiger partial charge is 0.309 e. The predicted molar refractivity (Wildman–Crippen MR) is 46.5 cm³/mol. The fourth-order valence-corrected chi connectivity index (χ4v) is 1.53. The standard InChI is InChI=1S/C9H12N2O2/c1-11-5-10-9(6-2-3-6)7(11)4-8(12)13/h5-6H,2-4H2,1H3,(H,12,13). The summed E-state index contributed by atoms with van der Waals surface area (Å²) in [5.41, 5.74) is 1.85. The van der Waals surface area contributed by atoms with Gasteiger partial charge in [-0.25, -0.2) is 4.98 Å². The van der Waals surface area contributed by atoms with Crippen LogP contribution in [0.1, 0.15) is 30.1 Å². The molecule has 0 aromatic carbocycles. The topological polar surface area (TPSA) is 55.1 Å². The van der Waals surface area contributed by atoms with E-state index in [1.807, 2.05) is 11.6 Å². The molecule has 0 spiro atoms. The molecule has 2 rings (SSSR count). The minimum Gasteiger partial charge on any atom is -0.481 e. The van der Waals surface area contributed by atoms with Crippen LogP contribution in [0.25, 0.3) is 0 Å². The van der Waals surface area contributed by atoms with E-state index in [1.165, 1.54) is 0 Å². The molecule has 4 nitrogen and oxygen atoms in total. The van der Waals surface area contributed by atoms with Crippen LogP contribution in [-0.4, -0.2) is 20.6 Å². The van der Waals surface area contributed by atoms with E-state index in [2.05, 4.69) is 4.98 Å². The molecule has 0 unspecified atom stereocenters. The van der Waals surface area contributed by atoms with Gasteiger partial charge in [0.15, 0.2) is 0 Å². The van der Waals surface area contributed by atoms with Crippen LogP contribution in [0.15, 0.2) is 6.33 Å². The zero-order valence-electron chi connectivity index (χ0n) is 7.53. The lowest BCUT2D eigenvalue weighted by Crippen LogP contribution is -2.06. The third kappa shape index (κ3) is 1.56. The summed E-state index contributed by atoms with van der Waals surface area (Å²) in [5, 5.41) is 8.70. The Morgan fingerprint density at radius 1 is 1.77 bits per heavy atom. The lowest BCUT2D eigenvalue weighted by Gasteiger charge is -2.01. The molecule has 0 bridgehead atoms. The first-order valence-electron chi connectivity index (χ1n) is 4.40. The van der Waals surface area contributed by atoms with Gasteiger partial charge in [-0.05, 0) is 12.8 Å². The minimum absolute atomic E-state index is 0.0856. The van der Waals surface area contributed by atoms with Gasteiger partial charge in [-0.2, -0.15) is 0 Å². The van der Waals surface area contributed by atoms with Crippen molar-refractivity contribution in [3.63, 3.8) is 0 Å². The average Bonchev–Trinajstić information content (AvgIpc) is 2.81. The van der Waals surface area contributed by atoms with Gasteiger partial charge >= 0.3 is 5.97 Å². The molecule has 1 aromatic heterocycles. The van der Waals surface area contributed by atoms with Gasteiger partial charge in [-0.3, -0.25) is 4.79 Å². The average molecular weight is 180 g/mol. The van der Waals surface area contributed by atoms with Crippen LogP contribution in [0.5, 0.6) is 0 Å². The van der Waals surface area contributed by atoms with Crippen LogP contribution in [0, 0.1) is 0 Å². The number of carboxylic acid groups (broad SMARTS) is 1. The maximum atomic E-state index is 10.6. The molecular formula is C9H12N2O2. The van der Waals surface area contributed by atoms with Crippen LogP contribution in [-0.2, 0) is 18.3 Å². The predicted octanol–water partition coefficient (Wildman–Crippen LogP) is 0.925. The molecule has 0 atom stereocenters. The van der Waals surface area contributed by atoms with Crippen molar-refractivity contribution in [1.82, 2.24) is 9.55 Å². The SMILES string of the molecule is Cn1cnc(C2CC2)c1CC(=O)O. The Labute approximate surface area is 76.2 Å². The number of nitrogens with zero attached hydrogens (tertiary/aromatic N) is 2. The van der Waals surface area contributed by atoms with Gasteiger partial charge in [0.05, 0.1) is 24.1 Å². The molecule has 0 radical (unpaired) electrons. The third-order valence-corrected chi connectivity index (χ3v) is 2.37. The van der Waals surface area contributed by atoms with Crippen LogP contribution in [0.3, 0.4) is 0 Å². The fourth-order valence-electron chi connectivity index (χ4n) is 1.53. The number of hydrogen-bond donors (Lipinski definition) is 1. The summed E-state index contributed by atoms with van der Waals surface area (Å²) in [5.74, 6) is -0.263. The molecule has 1 N–H and O–H groups in total. The van der Waals surface area contributed by atoms with Crippen LogP contribution >= 0.6 is 0 Å². The fraction of sp³-hybridized carbons (Fsp3) is 0.556. The van der Waals surface area contributed by atoms with Crippen molar-refractivity contribution < 1.29 is 9.90 Å². The summed E-state index contributed by atoms with van der Waals surface area (Å²) in [6, 6.07) is 0. The van der Waals surface area contributed by atoms with Crippen LogP contribution in [0.2, 0.25) is 0 Å². The zero-order valence-corrected chi connectivity index (χ0v) is 7.53. The zero-order chi connectivity index (χ0) is 9.42. The molecule has 70 valence electrons. The van der Waals surface area contributed by atoms with E-state index < -0.39 is 5.97 Å². The number of aliphatic carboxylic acids is 1. The van der Waals surface area contributed by atoms with E-state index in [4.69, 9.17) is 5.11 Å². The molecule has 4 heteroatoms. The van der Waals surface area contributed by atoms with Crippen LogP contribution in [0.4, 0.5) is 0 Å². The summed E-state index contributed by atoms with van der Waals surface area (Å²) in [6.07, 6.45) is 4.10. The van der Waals surface area contributed by atoms with Crippen LogP contribution < -0.4 is 0 Å². The molecule has 0 saturated heterocycles. The number of hydrogen-bond acceptors (Lipinski definition) is 2. The van der Waals surface area contributed by atoms with Gasteiger partial charge in [0, 0.05) is 13.0 Å². The molecule has 1 fully saturated rings. The number of aromatic nitrogens is 2. The van der Waals surface area contributed by atoms with Gasteiger partial charge in [0.2, 0.25) is 0 Å². The first-order valence-corrected chi connectivity index (χ1v) is 4.40. The summed E-state index contributed by atoms with van der Waals surface area (Å²) < 4.78 is 1.81. The number of aryl methyl sites for hydroxylation is 1. The van der Waals surface area contributed by atoms with Crippen molar-refractivity contribution in [1.29, 1.82) is 0 Å². The second kappa shape index (κ2) is 2.87. The van der Waals surface area contributed by atoms with Gasteiger partial charge in [-0.15, -0.1) is 0 Å². The first kappa shape index (κ1) is 8.29. The highest BCUT2D eigenvalue weighted by molar-refractivity contribution is 5.70. The van der Waals surface area contributed by atoms with E-state index in [0.29, 0.717) is 5.92 Å². The second-order valence-electron chi connectivity index (χ2n) is 3.53. The Morgan fingerprint density at radius 2 is 2.46 bits per heavy atom. The number of carbonyl (C=O) groups is 1. The van der Waals surface area contributed by atoms with Crippen molar-refractivity contribution in [2.75, 3.05) is 0 Å². The Morgan fingerprint density at radius 3 is 3.00 bits per heavy atom. The van der Waals surface area contributed by atoms with E-state index in [9.17, 15) is 4.79 Å². The van der Waals surface area contributed by atoms with Crippen molar-refractivity contribution in [2.45, 2.75) is 25.2 Å². The molecule has 1 aliphatic carbocycles. The molecule has 13 heavy (non-hydrogen) atoms. The monoisotopic (exact) mass is 180 g/mol. The van der Waals surface area contributed by atoms with Gasteiger partial charge in [0.1, 0.15) is 0 Å². The lowest BCUT2D eigenvalue weighted by molar-refractivity contribution is -0.136. The summed E-state index contributed by atoms with van der Waals surface area (Å²) in [4.78, 5) is 14.8. The number of imidazole rings is 1. The molecule has 1 heterocycles. The first-order chi connectivity index (χ1) is 6.18. The summed E-state index contributed by atoms with van der Waals surface area (Å²) in [6.45, 7) is 0. The normalized spacial score (nSPS) is 16.1. The third-order valence-electron chi connectivity index (χ3n) is 2.37. The summed E-state index contributed by atoms with van der Waals surface area (Å²) >= 11 is 0. The van der Waals surface area contributed by atoms with Gasteiger partial charge < -0.3 is 9.67 Å². The Balaban J connectivity index is 2.28. The maximum absolute atomic E-state index is 10.6. The number of carboxylic acids is 1. The molecule has 1 saturated carbocycles. The highest BCUT2D eigenvalue weighted by Gasteiger charge is 2.29. The number of rotatable bonds is 3. The molecular weight excluding hydrogens is 168 g/mol. The summed E-state index contributed by atoms with van der Waals surface area (Å²) in [7, 11) is 1.84. The Hall–Kier alpha value is -1.32. The molecule has 0 aliphatic heterocycles. The van der Waals surface area contributed by atoms with Crippen molar-refractivity contribution in [2.24, 2.45) is 7.05 Å². The van der Waals surface area contributed by atoms with E-state index in [1.54, 1.807) is 6.33 Å². The Bertz CT molecular complexity index is 339. The molecule has 0 amide bonds. The van der Waals surface area contributed by atoms with Gasteiger partial charge in [-0.1, -0.05) is 0 Å². The maximum Gasteiger partial charge on any atom is 0.309 e. The largest absolute Gasteiger partial charge is 0.481 e. The van der Waals surface area contributed by atoms with E-state index in [0.717, 1.165) is 24.2 Å². The molecule has 1 aromatic rings. The molecule has 1 aliphatic rings. The van der Waals surface area contributed by atoms with E-state index in [-0.39, 0.29) is 6.42 Å². The quantitative estimate of drug-likeness (QED) is 0.752. The van der Waals surface area contributed by atoms with E-state index >= 15 is 0 Å². The minimum atomic E-state index is -0.787. The Kier molecular flexibility index (Phi) is 1.83. The van der Waals surface area contributed by atoms with Crippen molar-refractivity contribution in [3.8, 4) is 0 Å². The lowest BCUT2D eigenvalue weighted by atomic mass is 10.2. The second-order valence-corrected chi connectivity index (χ2v) is 3.53. The van der Waals surface area contributed by atoms with Gasteiger partial charge in [0.25, 0.3) is 0 Å². The highest BCUT2D eigenvalue weighted by atomic mass is 16.4. The van der Waals surface area contributed by atoms with Crippen molar-refractivity contribution >= 4 is 5.97 Å². The highest BCUT2D eigenvalue weighted by Crippen LogP contribution is 2.40. The van der Waals surface area contributed by atoms with Crippen molar-refractivity contribution in [3.05, 3.63) is 17.7 Å².